The highest BCUT2D eigenvalue weighted by Gasteiger charge is 2.14. The summed E-state index contributed by atoms with van der Waals surface area (Å²) in [5.41, 5.74) is 9.12. The smallest absolute Gasteiger partial charge is 0.261 e. The van der Waals surface area contributed by atoms with Gasteiger partial charge in [0.2, 0.25) is 0 Å². The van der Waals surface area contributed by atoms with E-state index >= 15 is 0 Å². The molecular formula is C15H11N5O2S. The molecule has 0 amide bonds. The molecule has 3 aromatic rings. The van der Waals surface area contributed by atoms with Gasteiger partial charge in [0.1, 0.15) is 0 Å². The fourth-order valence-corrected chi connectivity index (χ4v) is 3.21. The van der Waals surface area contributed by atoms with Crippen LogP contribution in [0, 0.1) is 0 Å². The van der Waals surface area contributed by atoms with Crippen LogP contribution in [0.15, 0.2) is 70.9 Å². The van der Waals surface area contributed by atoms with E-state index < -0.39 is 10.0 Å². The van der Waals surface area contributed by atoms with Crippen LogP contribution in [0.4, 0.5) is 11.4 Å². The zero-order valence-electron chi connectivity index (χ0n) is 11.8. The van der Waals surface area contributed by atoms with Crippen LogP contribution in [0.2, 0.25) is 0 Å². The summed E-state index contributed by atoms with van der Waals surface area (Å²) >= 11 is 0. The molecule has 0 unspecified atom stereocenters. The van der Waals surface area contributed by atoms with Gasteiger partial charge in [-0.25, -0.2) is 8.42 Å². The Kier molecular flexibility index (Phi) is 3.84. The van der Waals surface area contributed by atoms with E-state index in [9.17, 15) is 8.42 Å². The van der Waals surface area contributed by atoms with Crippen LogP contribution in [0.3, 0.4) is 0 Å². The Bertz CT molecular complexity index is 1030. The number of hydrogen-bond acceptors (Lipinski definition) is 4. The Morgan fingerprint density at radius 3 is 2.78 bits per heavy atom. The molecule has 114 valence electrons. The van der Waals surface area contributed by atoms with E-state index in [1.807, 2.05) is 0 Å². The van der Waals surface area contributed by atoms with Crippen LogP contribution < -0.4 is 4.72 Å². The van der Waals surface area contributed by atoms with Crippen LogP contribution in [0.5, 0.6) is 0 Å². The lowest BCUT2D eigenvalue weighted by atomic mass is 10.2. The summed E-state index contributed by atoms with van der Waals surface area (Å²) in [5, 5.41) is 5.21. The molecule has 0 saturated heterocycles. The van der Waals surface area contributed by atoms with Gasteiger partial charge in [0.25, 0.3) is 10.0 Å². The third kappa shape index (κ3) is 3.23. The van der Waals surface area contributed by atoms with Gasteiger partial charge < -0.3 is 0 Å². The van der Waals surface area contributed by atoms with Gasteiger partial charge in [-0.3, -0.25) is 9.71 Å². The molecule has 0 fully saturated rings. The standard InChI is InChI=1S/C15H11N5O2S/c16-20-18-13-2-1-3-15(9-13)23(21,22)19-14-5-4-12-10-17-7-6-11(12)8-14/h1-10,19H. The number of pyridine rings is 1. The molecule has 1 heterocycles. The summed E-state index contributed by atoms with van der Waals surface area (Å²) in [6.07, 6.45) is 3.35. The lowest BCUT2D eigenvalue weighted by Crippen LogP contribution is -2.12. The average Bonchev–Trinajstić information content (AvgIpc) is 2.55. The second-order valence-electron chi connectivity index (χ2n) is 4.73. The molecule has 1 aromatic heterocycles. The molecule has 2 aromatic carbocycles. The van der Waals surface area contributed by atoms with Crippen molar-refractivity contribution in [3.8, 4) is 0 Å². The summed E-state index contributed by atoms with van der Waals surface area (Å²) in [5.74, 6) is 0. The van der Waals surface area contributed by atoms with Crippen molar-refractivity contribution >= 4 is 32.2 Å². The molecule has 3 rings (SSSR count). The second-order valence-corrected chi connectivity index (χ2v) is 6.41. The number of azide groups is 1. The van der Waals surface area contributed by atoms with Crippen molar-refractivity contribution < 1.29 is 8.42 Å². The highest BCUT2D eigenvalue weighted by molar-refractivity contribution is 7.92. The Labute approximate surface area is 132 Å². The molecule has 7 nitrogen and oxygen atoms in total. The van der Waals surface area contributed by atoms with Crippen LogP contribution in [0.1, 0.15) is 0 Å². The normalized spacial score (nSPS) is 11.0. The molecule has 0 bridgehead atoms. The van der Waals surface area contributed by atoms with Crippen LogP contribution in [-0.4, -0.2) is 13.4 Å². The lowest BCUT2D eigenvalue weighted by molar-refractivity contribution is 0.601. The minimum Gasteiger partial charge on any atom is -0.280 e. The Morgan fingerprint density at radius 1 is 1.09 bits per heavy atom. The maximum absolute atomic E-state index is 12.4. The van der Waals surface area contributed by atoms with Gasteiger partial charge in [-0.2, -0.15) is 0 Å². The predicted octanol–water partition coefficient (Wildman–Crippen LogP) is 3.98. The van der Waals surface area contributed by atoms with E-state index in [1.165, 1.54) is 24.3 Å². The molecular weight excluding hydrogens is 314 g/mol. The maximum Gasteiger partial charge on any atom is 0.261 e. The largest absolute Gasteiger partial charge is 0.280 e. The van der Waals surface area contributed by atoms with Crippen molar-refractivity contribution in [2.75, 3.05) is 4.72 Å². The minimum absolute atomic E-state index is 0.0252. The molecule has 8 heteroatoms. The van der Waals surface area contributed by atoms with Crippen LogP contribution in [-0.2, 0) is 10.0 Å². The monoisotopic (exact) mass is 325 g/mol. The van der Waals surface area contributed by atoms with E-state index in [-0.39, 0.29) is 10.6 Å². The number of nitrogens with zero attached hydrogens (tertiary/aromatic N) is 4. The fraction of sp³-hybridized carbons (Fsp3) is 0. The third-order valence-corrected chi connectivity index (χ3v) is 4.56. The van der Waals surface area contributed by atoms with Gasteiger partial charge in [0.15, 0.2) is 0 Å². The number of fused-ring (bicyclic) bond motifs is 1. The molecule has 0 aliphatic rings. The SMILES string of the molecule is [N-]=[N+]=Nc1cccc(S(=O)(=O)Nc2ccc3cnccc3c2)c1. The number of nitrogens with one attached hydrogen (secondary N) is 1. The predicted molar refractivity (Wildman–Crippen MR) is 87.8 cm³/mol. The third-order valence-electron chi connectivity index (χ3n) is 3.18. The highest BCUT2D eigenvalue weighted by Crippen LogP contribution is 2.23. The number of sulfonamides is 1. The van der Waals surface area contributed by atoms with Gasteiger partial charge in [-0.1, -0.05) is 23.3 Å². The maximum atomic E-state index is 12.4. The van der Waals surface area contributed by atoms with Gasteiger partial charge in [0, 0.05) is 34.1 Å². The molecule has 1 N–H and O–H groups in total. The average molecular weight is 325 g/mol. The van der Waals surface area contributed by atoms with E-state index in [0.717, 1.165) is 10.8 Å². The number of aromatic nitrogens is 1. The molecule has 0 saturated carbocycles. The molecule has 0 radical (unpaired) electrons. The number of benzene rings is 2. The van der Waals surface area contributed by atoms with E-state index in [4.69, 9.17) is 5.53 Å². The minimum atomic E-state index is -3.77. The highest BCUT2D eigenvalue weighted by atomic mass is 32.2. The van der Waals surface area contributed by atoms with Gasteiger partial charge in [0.05, 0.1) is 4.90 Å². The molecule has 0 aliphatic carbocycles. The number of rotatable bonds is 4. The fourth-order valence-electron chi connectivity index (χ4n) is 2.13. The van der Waals surface area contributed by atoms with Gasteiger partial charge in [-0.05, 0) is 41.2 Å². The van der Waals surface area contributed by atoms with Crippen LogP contribution >= 0.6 is 0 Å². The summed E-state index contributed by atoms with van der Waals surface area (Å²) < 4.78 is 27.4. The first kappa shape index (κ1) is 14.8. The first-order chi connectivity index (χ1) is 11.1. The first-order valence-electron chi connectivity index (χ1n) is 6.60. The molecule has 0 aliphatic heterocycles. The van der Waals surface area contributed by atoms with E-state index in [1.54, 1.807) is 36.7 Å². The molecule has 0 spiro atoms. The van der Waals surface area contributed by atoms with Crippen LogP contribution in [0.25, 0.3) is 21.2 Å². The van der Waals surface area contributed by atoms with Gasteiger partial charge >= 0.3 is 0 Å². The quantitative estimate of drug-likeness (QED) is 0.445. The van der Waals surface area contributed by atoms with Gasteiger partial charge in [-0.15, -0.1) is 0 Å². The summed E-state index contributed by atoms with van der Waals surface area (Å²) in [4.78, 5) is 6.69. The molecule has 23 heavy (non-hydrogen) atoms. The van der Waals surface area contributed by atoms with Crippen molar-refractivity contribution in [1.29, 1.82) is 0 Å². The van der Waals surface area contributed by atoms with Crippen molar-refractivity contribution in [3.05, 3.63) is 71.4 Å². The number of hydrogen-bond donors (Lipinski definition) is 1. The summed E-state index contributed by atoms with van der Waals surface area (Å²) in [6.45, 7) is 0. The number of anilines is 1. The van der Waals surface area contributed by atoms with Crippen molar-refractivity contribution in [1.82, 2.24) is 4.98 Å². The summed E-state index contributed by atoms with van der Waals surface area (Å²) in [6, 6.07) is 12.8. The zero-order valence-corrected chi connectivity index (χ0v) is 12.6. The zero-order chi connectivity index (χ0) is 16.3. The van der Waals surface area contributed by atoms with Crippen molar-refractivity contribution in [3.63, 3.8) is 0 Å². The summed E-state index contributed by atoms with van der Waals surface area (Å²) in [7, 11) is -3.77. The second kappa shape index (κ2) is 5.96. The van der Waals surface area contributed by atoms with E-state index in [0.29, 0.717) is 5.69 Å². The Hall–Kier alpha value is -3.09. The molecule has 0 atom stereocenters. The topological polar surface area (TPSA) is 108 Å². The first-order valence-corrected chi connectivity index (χ1v) is 8.08. The lowest BCUT2D eigenvalue weighted by Gasteiger charge is -2.09. The Balaban J connectivity index is 1.96. The van der Waals surface area contributed by atoms with Crippen molar-refractivity contribution in [2.24, 2.45) is 5.11 Å². The Morgan fingerprint density at radius 2 is 1.96 bits per heavy atom. The van der Waals surface area contributed by atoms with E-state index in [2.05, 4.69) is 19.7 Å². The van der Waals surface area contributed by atoms with Crippen molar-refractivity contribution in [2.45, 2.75) is 4.90 Å².